The molecule has 0 amide bonds. The molecule has 4 rings (SSSR count). The molecule has 1 fully saturated rings. The van der Waals surface area contributed by atoms with Crippen LogP contribution in [0.25, 0.3) is 0 Å². The molecule has 2 aromatic heterocycles. The van der Waals surface area contributed by atoms with Crippen LogP contribution in [0.3, 0.4) is 0 Å². The van der Waals surface area contributed by atoms with Gasteiger partial charge in [-0.15, -0.1) is 11.3 Å². The highest BCUT2D eigenvalue weighted by Crippen LogP contribution is 2.45. The lowest BCUT2D eigenvalue weighted by atomic mass is 9.85. The molecule has 5 nitrogen and oxygen atoms in total. The van der Waals surface area contributed by atoms with Crippen LogP contribution in [-0.4, -0.2) is 47.2 Å². The summed E-state index contributed by atoms with van der Waals surface area (Å²) in [7, 11) is 0. The van der Waals surface area contributed by atoms with Gasteiger partial charge in [0.15, 0.2) is 0 Å². The monoisotopic (exact) mass is 372 g/mol. The molecule has 26 heavy (non-hydrogen) atoms. The number of carboxylic acid groups (broad SMARTS) is 1. The summed E-state index contributed by atoms with van der Waals surface area (Å²) in [5.74, 6) is -0.831. The van der Waals surface area contributed by atoms with Gasteiger partial charge >= 0.3 is 5.97 Å². The van der Waals surface area contributed by atoms with Crippen LogP contribution in [0, 0.1) is 6.92 Å². The van der Waals surface area contributed by atoms with E-state index in [1.54, 1.807) is 0 Å². The number of aromatic nitrogens is 1. The zero-order valence-electron chi connectivity index (χ0n) is 15.0. The van der Waals surface area contributed by atoms with Gasteiger partial charge in [0.25, 0.3) is 0 Å². The zero-order chi connectivity index (χ0) is 18.1. The van der Waals surface area contributed by atoms with E-state index in [0.29, 0.717) is 11.5 Å². The molecule has 1 spiro atoms. The number of pyridine rings is 1. The fourth-order valence-corrected chi connectivity index (χ4v) is 5.30. The second kappa shape index (κ2) is 7.10. The normalized spacial score (nSPS) is 19.4. The highest BCUT2D eigenvalue weighted by Gasteiger charge is 2.42. The highest BCUT2D eigenvalue weighted by molar-refractivity contribution is 7.14. The molecule has 0 radical (unpaired) electrons. The van der Waals surface area contributed by atoms with Crippen LogP contribution in [0.1, 0.15) is 44.3 Å². The Bertz CT molecular complexity index is 809. The van der Waals surface area contributed by atoms with E-state index in [4.69, 9.17) is 4.74 Å². The van der Waals surface area contributed by atoms with E-state index in [2.05, 4.69) is 22.0 Å². The van der Waals surface area contributed by atoms with Gasteiger partial charge in [0, 0.05) is 42.3 Å². The van der Waals surface area contributed by atoms with Gasteiger partial charge in [0.2, 0.25) is 0 Å². The quantitative estimate of drug-likeness (QED) is 0.893. The standard InChI is InChI=1S/C20H24N2O3S/c1-14-3-2-4-16(21-14)5-9-22-10-7-20(8-11-22)18-15(6-12-25-20)13-17(26-18)19(23)24/h2-4,13H,5-12H2,1H3,(H,23,24). The summed E-state index contributed by atoms with van der Waals surface area (Å²) >= 11 is 1.41. The van der Waals surface area contributed by atoms with Crippen LogP contribution in [-0.2, 0) is 23.2 Å². The lowest BCUT2D eigenvalue weighted by Gasteiger charge is -2.43. The minimum atomic E-state index is -0.831. The van der Waals surface area contributed by atoms with E-state index in [-0.39, 0.29) is 5.60 Å². The van der Waals surface area contributed by atoms with Crippen molar-refractivity contribution in [1.82, 2.24) is 9.88 Å². The second-order valence-corrected chi connectivity index (χ2v) is 8.28. The first-order valence-electron chi connectivity index (χ1n) is 9.21. The largest absolute Gasteiger partial charge is 0.477 e. The van der Waals surface area contributed by atoms with Crippen molar-refractivity contribution < 1.29 is 14.6 Å². The third kappa shape index (κ3) is 3.41. The van der Waals surface area contributed by atoms with Crippen molar-refractivity contribution in [3.05, 3.63) is 51.0 Å². The van der Waals surface area contributed by atoms with E-state index >= 15 is 0 Å². The number of carbonyl (C=O) groups is 1. The number of thiophene rings is 1. The Hall–Kier alpha value is -1.76. The fraction of sp³-hybridized carbons (Fsp3) is 0.500. The van der Waals surface area contributed by atoms with E-state index in [9.17, 15) is 9.90 Å². The van der Waals surface area contributed by atoms with Gasteiger partial charge in [0.1, 0.15) is 10.5 Å². The van der Waals surface area contributed by atoms with Gasteiger partial charge < -0.3 is 14.7 Å². The molecule has 2 aliphatic rings. The molecule has 138 valence electrons. The molecule has 0 aromatic carbocycles. The smallest absolute Gasteiger partial charge is 0.345 e. The predicted molar refractivity (Wildman–Crippen MR) is 101 cm³/mol. The molecular formula is C20H24N2O3S. The van der Waals surface area contributed by atoms with E-state index < -0.39 is 5.97 Å². The molecule has 0 bridgehead atoms. The van der Waals surface area contributed by atoms with Gasteiger partial charge in [-0.2, -0.15) is 0 Å². The number of ether oxygens (including phenoxy) is 1. The number of hydrogen-bond donors (Lipinski definition) is 1. The van der Waals surface area contributed by atoms with E-state index in [1.165, 1.54) is 16.9 Å². The molecule has 2 aromatic rings. The number of likely N-dealkylation sites (tertiary alicyclic amines) is 1. The Morgan fingerprint density at radius 1 is 1.38 bits per heavy atom. The average molecular weight is 372 g/mol. The summed E-state index contributed by atoms with van der Waals surface area (Å²) in [6.45, 7) is 5.68. The van der Waals surface area contributed by atoms with Gasteiger partial charge in [-0.1, -0.05) is 6.07 Å². The van der Waals surface area contributed by atoms with Crippen molar-refractivity contribution in [3.8, 4) is 0 Å². The zero-order valence-corrected chi connectivity index (χ0v) is 15.8. The SMILES string of the molecule is Cc1cccc(CCN2CCC3(CC2)OCCc2cc(C(=O)O)sc23)n1. The first kappa shape index (κ1) is 17.6. The van der Waals surface area contributed by atoms with Crippen molar-refractivity contribution in [2.24, 2.45) is 0 Å². The second-order valence-electron chi connectivity index (χ2n) is 7.22. The van der Waals surface area contributed by atoms with Gasteiger partial charge in [-0.25, -0.2) is 4.79 Å². The Balaban J connectivity index is 1.41. The van der Waals surface area contributed by atoms with Gasteiger partial charge in [-0.3, -0.25) is 4.98 Å². The molecule has 6 heteroatoms. The number of piperidine rings is 1. The number of carboxylic acids is 1. The van der Waals surface area contributed by atoms with Crippen LogP contribution < -0.4 is 0 Å². The minimum Gasteiger partial charge on any atom is -0.477 e. The fourth-order valence-electron chi connectivity index (χ4n) is 4.05. The van der Waals surface area contributed by atoms with Crippen molar-refractivity contribution >= 4 is 17.3 Å². The lowest BCUT2D eigenvalue weighted by molar-refractivity contribution is -0.0949. The van der Waals surface area contributed by atoms with Crippen LogP contribution in [0.2, 0.25) is 0 Å². The third-order valence-corrected chi connectivity index (χ3v) is 6.83. The first-order chi connectivity index (χ1) is 12.6. The minimum absolute atomic E-state index is 0.274. The lowest BCUT2D eigenvalue weighted by Crippen LogP contribution is -2.46. The van der Waals surface area contributed by atoms with Crippen molar-refractivity contribution in [1.29, 1.82) is 0 Å². The maximum absolute atomic E-state index is 11.3. The molecule has 0 atom stereocenters. The number of aryl methyl sites for hydroxylation is 1. The number of aromatic carboxylic acids is 1. The first-order valence-corrected chi connectivity index (χ1v) is 10.0. The third-order valence-electron chi connectivity index (χ3n) is 5.48. The topological polar surface area (TPSA) is 62.7 Å². The van der Waals surface area contributed by atoms with Crippen molar-refractivity contribution in [2.75, 3.05) is 26.2 Å². The molecule has 0 unspecified atom stereocenters. The van der Waals surface area contributed by atoms with Crippen molar-refractivity contribution in [3.63, 3.8) is 0 Å². The molecular weight excluding hydrogens is 348 g/mol. The average Bonchev–Trinajstić information content (AvgIpc) is 3.08. The highest BCUT2D eigenvalue weighted by atomic mass is 32.1. The molecule has 1 saturated heterocycles. The van der Waals surface area contributed by atoms with Gasteiger partial charge in [0.05, 0.1) is 6.61 Å². The maximum atomic E-state index is 11.3. The number of hydrogen-bond acceptors (Lipinski definition) is 5. The summed E-state index contributed by atoms with van der Waals surface area (Å²) in [5.41, 5.74) is 3.11. The van der Waals surface area contributed by atoms with Crippen LogP contribution in [0.4, 0.5) is 0 Å². The molecule has 0 aliphatic carbocycles. The van der Waals surface area contributed by atoms with Crippen LogP contribution in [0.15, 0.2) is 24.3 Å². The summed E-state index contributed by atoms with van der Waals surface area (Å²) in [6, 6.07) is 8.03. The Labute approximate surface area is 157 Å². The Morgan fingerprint density at radius 3 is 2.92 bits per heavy atom. The Kier molecular flexibility index (Phi) is 4.82. The summed E-state index contributed by atoms with van der Waals surface area (Å²) < 4.78 is 6.23. The van der Waals surface area contributed by atoms with Crippen LogP contribution in [0.5, 0.6) is 0 Å². The number of fused-ring (bicyclic) bond motifs is 2. The summed E-state index contributed by atoms with van der Waals surface area (Å²) in [6.07, 6.45) is 3.65. The predicted octanol–water partition coefficient (Wildman–Crippen LogP) is 3.26. The summed E-state index contributed by atoms with van der Waals surface area (Å²) in [5, 5.41) is 9.32. The summed E-state index contributed by atoms with van der Waals surface area (Å²) in [4.78, 5) is 20.0. The van der Waals surface area contributed by atoms with E-state index in [1.807, 2.05) is 19.1 Å². The van der Waals surface area contributed by atoms with Gasteiger partial charge in [-0.05, 0) is 49.9 Å². The maximum Gasteiger partial charge on any atom is 0.345 e. The van der Waals surface area contributed by atoms with Crippen molar-refractivity contribution in [2.45, 2.75) is 38.2 Å². The molecule has 0 saturated carbocycles. The molecule has 4 heterocycles. The van der Waals surface area contributed by atoms with E-state index in [0.717, 1.165) is 61.6 Å². The molecule has 2 aliphatic heterocycles. The van der Waals surface area contributed by atoms with Crippen LogP contribution >= 0.6 is 11.3 Å². The molecule has 1 N–H and O–H groups in total. The Morgan fingerprint density at radius 2 is 2.19 bits per heavy atom. The number of rotatable bonds is 4. The number of nitrogens with zero attached hydrogens (tertiary/aromatic N) is 2.